The van der Waals surface area contributed by atoms with Crippen LogP contribution < -0.4 is 5.32 Å². The summed E-state index contributed by atoms with van der Waals surface area (Å²) < 4.78 is 5.51. The number of thiophene rings is 1. The molecule has 21 heavy (non-hydrogen) atoms. The second kappa shape index (κ2) is 8.89. The van der Waals surface area contributed by atoms with Crippen LogP contribution in [0.2, 0.25) is 0 Å². The third kappa shape index (κ3) is 5.06. The summed E-state index contributed by atoms with van der Waals surface area (Å²) in [5.41, 5.74) is 0. The van der Waals surface area contributed by atoms with Crippen molar-refractivity contribution in [2.75, 3.05) is 32.8 Å². The molecule has 0 radical (unpaired) electrons. The van der Waals surface area contributed by atoms with E-state index < -0.39 is 0 Å². The lowest BCUT2D eigenvalue weighted by Crippen LogP contribution is -2.51. The van der Waals surface area contributed by atoms with Crippen LogP contribution in [0.25, 0.3) is 0 Å². The summed E-state index contributed by atoms with van der Waals surface area (Å²) in [7, 11) is 0. The first-order valence-electron chi connectivity index (χ1n) is 8.32. The average molecular weight is 311 g/mol. The molecule has 0 aromatic carbocycles. The SMILES string of the molecule is CCC(CC)C(CNCc1ccc(C)s1)N1CCOCC1. The summed E-state index contributed by atoms with van der Waals surface area (Å²) in [5, 5.41) is 3.69. The molecule has 2 heterocycles. The molecule has 0 aliphatic carbocycles. The van der Waals surface area contributed by atoms with Gasteiger partial charge in [0.2, 0.25) is 0 Å². The molecule has 3 nitrogen and oxygen atoms in total. The number of hydrogen-bond acceptors (Lipinski definition) is 4. The summed E-state index contributed by atoms with van der Waals surface area (Å²) in [6.07, 6.45) is 2.52. The highest BCUT2D eigenvalue weighted by Gasteiger charge is 2.26. The molecule has 1 aliphatic heterocycles. The van der Waals surface area contributed by atoms with Crippen molar-refractivity contribution < 1.29 is 4.74 Å². The molecular formula is C17H30N2OS. The number of nitrogens with zero attached hydrogens (tertiary/aromatic N) is 1. The maximum atomic E-state index is 5.51. The molecule has 1 aromatic heterocycles. The van der Waals surface area contributed by atoms with Gasteiger partial charge in [0.05, 0.1) is 13.2 Å². The van der Waals surface area contributed by atoms with E-state index in [9.17, 15) is 0 Å². The van der Waals surface area contributed by atoms with Gasteiger partial charge in [-0.25, -0.2) is 0 Å². The zero-order chi connectivity index (χ0) is 15.1. The van der Waals surface area contributed by atoms with Crippen molar-refractivity contribution in [3.8, 4) is 0 Å². The zero-order valence-corrected chi connectivity index (χ0v) is 14.5. The molecule has 2 rings (SSSR count). The van der Waals surface area contributed by atoms with Crippen LogP contribution in [0, 0.1) is 12.8 Å². The minimum atomic E-state index is 0.643. The summed E-state index contributed by atoms with van der Waals surface area (Å²) in [5.74, 6) is 0.778. The fraction of sp³-hybridized carbons (Fsp3) is 0.765. The quantitative estimate of drug-likeness (QED) is 0.797. The average Bonchev–Trinajstić information content (AvgIpc) is 2.93. The molecule has 1 N–H and O–H groups in total. The second-order valence-corrected chi connectivity index (χ2v) is 7.31. The van der Waals surface area contributed by atoms with Gasteiger partial charge < -0.3 is 10.1 Å². The lowest BCUT2D eigenvalue weighted by Gasteiger charge is -2.39. The van der Waals surface area contributed by atoms with Crippen molar-refractivity contribution in [2.45, 2.75) is 46.2 Å². The van der Waals surface area contributed by atoms with E-state index in [1.54, 1.807) is 0 Å². The van der Waals surface area contributed by atoms with E-state index in [-0.39, 0.29) is 0 Å². The van der Waals surface area contributed by atoms with Crippen LogP contribution in [0.3, 0.4) is 0 Å². The van der Waals surface area contributed by atoms with Gasteiger partial charge in [0.1, 0.15) is 0 Å². The van der Waals surface area contributed by atoms with Crippen LogP contribution in [0.4, 0.5) is 0 Å². The maximum Gasteiger partial charge on any atom is 0.0594 e. The number of nitrogens with one attached hydrogen (secondary N) is 1. The molecule has 1 atom stereocenters. The summed E-state index contributed by atoms with van der Waals surface area (Å²) in [4.78, 5) is 5.47. The molecule has 4 heteroatoms. The molecule has 1 aromatic rings. The Morgan fingerprint density at radius 3 is 2.52 bits per heavy atom. The van der Waals surface area contributed by atoms with Gasteiger partial charge in [0, 0.05) is 42.0 Å². The highest BCUT2D eigenvalue weighted by molar-refractivity contribution is 7.11. The fourth-order valence-corrected chi connectivity index (χ4v) is 4.12. The van der Waals surface area contributed by atoms with E-state index in [1.165, 1.54) is 22.6 Å². The second-order valence-electron chi connectivity index (χ2n) is 5.94. The number of aryl methyl sites for hydroxylation is 1. The standard InChI is InChI=1S/C17H30N2OS/c1-4-15(5-2)17(19-8-10-20-11-9-19)13-18-12-16-7-6-14(3)21-16/h6-7,15,17-18H,4-5,8-13H2,1-3H3. The van der Waals surface area contributed by atoms with Crippen molar-refractivity contribution in [3.05, 3.63) is 21.9 Å². The van der Waals surface area contributed by atoms with Gasteiger partial charge in [-0.2, -0.15) is 0 Å². The van der Waals surface area contributed by atoms with E-state index in [0.29, 0.717) is 6.04 Å². The van der Waals surface area contributed by atoms with Gasteiger partial charge in [-0.15, -0.1) is 11.3 Å². The van der Waals surface area contributed by atoms with E-state index in [1.807, 2.05) is 11.3 Å². The third-order valence-electron chi connectivity index (χ3n) is 4.56. The molecule has 1 fully saturated rings. The first-order valence-corrected chi connectivity index (χ1v) is 9.14. The minimum absolute atomic E-state index is 0.643. The monoisotopic (exact) mass is 310 g/mol. The van der Waals surface area contributed by atoms with Gasteiger partial charge in [0.25, 0.3) is 0 Å². The largest absolute Gasteiger partial charge is 0.379 e. The van der Waals surface area contributed by atoms with Gasteiger partial charge >= 0.3 is 0 Å². The molecule has 0 amide bonds. The Morgan fingerprint density at radius 1 is 1.24 bits per heavy atom. The van der Waals surface area contributed by atoms with Crippen LogP contribution >= 0.6 is 11.3 Å². The Balaban J connectivity index is 1.88. The smallest absolute Gasteiger partial charge is 0.0594 e. The minimum Gasteiger partial charge on any atom is -0.379 e. The van der Waals surface area contributed by atoms with Gasteiger partial charge in [-0.1, -0.05) is 26.7 Å². The molecule has 0 spiro atoms. The van der Waals surface area contributed by atoms with Crippen molar-refractivity contribution in [3.63, 3.8) is 0 Å². The molecular weight excluding hydrogens is 280 g/mol. The Kier molecular flexibility index (Phi) is 7.17. The van der Waals surface area contributed by atoms with Crippen LogP contribution in [-0.2, 0) is 11.3 Å². The molecule has 1 saturated heterocycles. The van der Waals surface area contributed by atoms with Gasteiger partial charge in [0.15, 0.2) is 0 Å². The molecule has 1 unspecified atom stereocenters. The fourth-order valence-electron chi connectivity index (χ4n) is 3.26. The van der Waals surface area contributed by atoms with Crippen molar-refractivity contribution in [1.82, 2.24) is 10.2 Å². The third-order valence-corrected chi connectivity index (χ3v) is 5.56. The van der Waals surface area contributed by atoms with Crippen molar-refractivity contribution >= 4 is 11.3 Å². The molecule has 1 aliphatic rings. The number of rotatable bonds is 8. The summed E-state index contributed by atoms with van der Waals surface area (Å²) in [6.45, 7) is 12.9. The van der Waals surface area contributed by atoms with E-state index in [2.05, 4.69) is 43.1 Å². The highest BCUT2D eigenvalue weighted by Crippen LogP contribution is 2.20. The summed E-state index contributed by atoms with van der Waals surface area (Å²) >= 11 is 1.90. The van der Waals surface area contributed by atoms with Gasteiger partial charge in [-0.05, 0) is 25.0 Å². The Morgan fingerprint density at radius 2 is 1.95 bits per heavy atom. The molecule has 120 valence electrons. The van der Waals surface area contributed by atoms with Crippen molar-refractivity contribution in [1.29, 1.82) is 0 Å². The van der Waals surface area contributed by atoms with Crippen LogP contribution in [0.15, 0.2) is 12.1 Å². The number of ether oxygens (including phenoxy) is 1. The van der Waals surface area contributed by atoms with Crippen LogP contribution in [0.5, 0.6) is 0 Å². The first-order chi connectivity index (χ1) is 10.2. The Hall–Kier alpha value is -0.420. The first kappa shape index (κ1) is 16.9. The van der Waals surface area contributed by atoms with Gasteiger partial charge in [-0.3, -0.25) is 4.90 Å². The lowest BCUT2D eigenvalue weighted by molar-refractivity contribution is 0.00163. The predicted octanol–water partition coefficient (Wildman–Crippen LogP) is 3.28. The summed E-state index contributed by atoms with van der Waals surface area (Å²) in [6, 6.07) is 5.10. The topological polar surface area (TPSA) is 24.5 Å². The predicted molar refractivity (Wildman–Crippen MR) is 91.0 cm³/mol. The number of hydrogen-bond donors (Lipinski definition) is 1. The Bertz CT molecular complexity index is 397. The highest BCUT2D eigenvalue weighted by atomic mass is 32.1. The zero-order valence-electron chi connectivity index (χ0n) is 13.7. The van der Waals surface area contributed by atoms with Crippen LogP contribution in [0.1, 0.15) is 36.4 Å². The molecule has 0 bridgehead atoms. The normalized spacial score (nSPS) is 18.3. The van der Waals surface area contributed by atoms with E-state index in [4.69, 9.17) is 4.74 Å². The maximum absolute atomic E-state index is 5.51. The molecule has 0 saturated carbocycles. The van der Waals surface area contributed by atoms with Crippen molar-refractivity contribution in [2.24, 2.45) is 5.92 Å². The lowest BCUT2D eigenvalue weighted by atomic mass is 9.92. The number of morpholine rings is 1. The van der Waals surface area contributed by atoms with E-state index in [0.717, 1.165) is 45.3 Å². The van der Waals surface area contributed by atoms with Crippen LogP contribution in [-0.4, -0.2) is 43.8 Å². The Labute approximate surface area is 133 Å². The van der Waals surface area contributed by atoms with E-state index >= 15 is 0 Å².